The van der Waals surface area contributed by atoms with E-state index in [-0.39, 0.29) is 11.6 Å². The first-order valence-corrected chi connectivity index (χ1v) is 7.00. The Hall–Kier alpha value is -2.07. The van der Waals surface area contributed by atoms with Gasteiger partial charge in [-0.2, -0.15) is 0 Å². The van der Waals surface area contributed by atoms with Crippen molar-refractivity contribution in [3.8, 4) is 0 Å². The molecule has 0 saturated carbocycles. The van der Waals surface area contributed by atoms with Crippen molar-refractivity contribution in [1.29, 1.82) is 0 Å². The van der Waals surface area contributed by atoms with Crippen LogP contribution >= 0.6 is 11.6 Å². The molecule has 0 aliphatic heterocycles. The maximum Gasteiger partial charge on any atom is 0.251 e. The third-order valence-electron chi connectivity index (χ3n) is 3.25. The number of rotatable bonds is 5. The van der Waals surface area contributed by atoms with Gasteiger partial charge in [-0.1, -0.05) is 30.7 Å². The third kappa shape index (κ3) is 3.73. The number of carbonyl (C=O) groups is 1. The maximum atomic E-state index is 13.5. The average molecular weight is 307 g/mol. The Morgan fingerprint density at radius 2 is 1.95 bits per heavy atom. The largest absolute Gasteiger partial charge is 0.378 e. The smallest absolute Gasteiger partial charge is 0.251 e. The summed E-state index contributed by atoms with van der Waals surface area (Å²) in [6.07, 6.45) is 0.824. The summed E-state index contributed by atoms with van der Waals surface area (Å²) in [5.74, 6) is -1.40. The summed E-state index contributed by atoms with van der Waals surface area (Å²) in [5, 5.41) is 3.94. The lowest BCUT2D eigenvalue weighted by molar-refractivity contribution is 0.0996. The van der Waals surface area contributed by atoms with Gasteiger partial charge in [-0.25, -0.2) is 4.39 Å². The van der Waals surface area contributed by atoms with E-state index in [4.69, 9.17) is 17.3 Å². The van der Waals surface area contributed by atoms with Crippen molar-refractivity contribution in [2.24, 2.45) is 5.73 Å². The molecule has 0 aliphatic carbocycles. The number of halogens is 2. The number of amides is 1. The number of nitrogens with one attached hydrogen (secondary N) is 1. The summed E-state index contributed by atoms with van der Waals surface area (Å²) in [6.45, 7) is 2.03. The van der Waals surface area contributed by atoms with Crippen LogP contribution in [0.15, 0.2) is 42.5 Å². The summed E-state index contributed by atoms with van der Waals surface area (Å²) in [7, 11) is 0. The zero-order valence-corrected chi connectivity index (χ0v) is 12.3. The second-order valence-corrected chi connectivity index (χ2v) is 5.15. The lowest BCUT2D eigenvalue weighted by Gasteiger charge is -2.19. The van der Waals surface area contributed by atoms with Gasteiger partial charge in [0.1, 0.15) is 5.82 Å². The van der Waals surface area contributed by atoms with E-state index in [9.17, 15) is 9.18 Å². The van der Waals surface area contributed by atoms with Crippen LogP contribution in [0.25, 0.3) is 0 Å². The fourth-order valence-corrected chi connectivity index (χ4v) is 2.25. The van der Waals surface area contributed by atoms with E-state index in [1.807, 2.05) is 31.2 Å². The molecule has 3 nitrogen and oxygen atoms in total. The van der Waals surface area contributed by atoms with Crippen molar-refractivity contribution in [2.75, 3.05) is 5.32 Å². The van der Waals surface area contributed by atoms with E-state index in [0.29, 0.717) is 10.7 Å². The molecule has 0 bridgehead atoms. The molecule has 21 heavy (non-hydrogen) atoms. The molecular weight excluding hydrogens is 291 g/mol. The second-order valence-electron chi connectivity index (χ2n) is 4.72. The molecule has 0 fully saturated rings. The third-order valence-corrected chi connectivity index (χ3v) is 3.51. The Balaban J connectivity index is 2.24. The van der Waals surface area contributed by atoms with Gasteiger partial charge < -0.3 is 11.1 Å². The molecule has 1 atom stereocenters. The van der Waals surface area contributed by atoms with Crippen LogP contribution in [0.2, 0.25) is 5.02 Å². The summed E-state index contributed by atoms with van der Waals surface area (Å²) < 4.78 is 13.5. The molecule has 0 saturated heterocycles. The lowest BCUT2D eigenvalue weighted by Crippen LogP contribution is -2.15. The molecule has 0 radical (unpaired) electrons. The number of primary amides is 1. The van der Waals surface area contributed by atoms with E-state index in [2.05, 4.69) is 5.32 Å². The van der Waals surface area contributed by atoms with Crippen LogP contribution in [0.5, 0.6) is 0 Å². The van der Waals surface area contributed by atoms with E-state index < -0.39 is 11.7 Å². The molecule has 2 rings (SSSR count). The number of benzene rings is 2. The molecule has 110 valence electrons. The molecule has 3 N–H and O–H groups in total. The second kappa shape index (κ2) is 6.59. The van der Waals surface area contributed by atoms with Gasteiger partial charge >= 0.3 is 0 Å². The highest BCUT2D eigenvalue weighted by Gasteiger charge is 2.12. The van der Waals surface area contributed by atoms with Gasteiger partial charge in [-0.05, 0) is 42.3 Å². The van der Waals surface area contributed by atoms with Crippen molar-refractivity contribution in [1.82, 2.24) is 0 Å². The first kappa shape index (κ1) is 15.3. The highest BCUT2D eigenvalue weighted by atomic mass is 35.5. The lowest BCUT2D eigenvalue weighted by atomic mass is 10.0. The summed E-state index contributed by atoms with van der Waals surface area (Å²) in [4.78, 5) is 11.2. The van der Waals surface area contributed by atoms with Crippen LogP contribution in [-0.4, -0.2) is 5.91 Å². The van der Waals surface area contributed by atoms with Gasteiger partial charge in [-0.3, -0.25) is 4.79 Å². The highest BCUT2D eigenvalue weighted by Crippen LogP contribution is 2.25. The van der Waals surface area contributed by atoms with Gasteiger partial charge in [0.2, 0.25) is 0 Å². The molecule has 2 aromatic rings. The van der Waals surface area contributed by atoms with Gasteiger partial charge in [0.05, 0.1) is 11.6 Å². The molecule has 0 heterocycles. The van der Waals surface area contributed by atoms with E-state index in [0.717, 1.165) is 12.0 Å². The topological polar surface area (TPSA) is 55.1 Å². The van der Waals surface area contributed by atoms with Gasteiger partial charge in [0.15, 0.2) is 0 Å². The molecule has 1 unspecified atom stereocenters. The zero-order valence-electron chi connectivity index (χ0n) is 11.6. The number of hydrogen-bond donors (Lipinski definition) is 2. The minimum absolute atomic E-state index is 0.0356. The molecule has 5 heteroatoms. The standard InChI is InChI=1S/C16H16ClFN2O/c1-2-15(10-3-5-11(17)6-4-10)20-12-7-8-14(18)13(9-12)16(19)21/h3-9,15,20H,2H2,1H3,(H2,19,21). The first-order chi connectivity index (χ1) is 10.0. The van der Waals surface area contributed by atoms with Crippen molar-refractivity contribution < 1.29 is 9.18 Å². The Kier molecular flexibility index (Phi) is 4.81. The van der Waals surface area contributed by atoms with Crippen LogP contribution in [-0.2, 0) is 0 Å². The van der Waals surface area contributed by atoms with Crippen LogP contribution in [0.4, 0.5) is 10.1 Å². The summed E-state index contributed by atoms with van der Waals surface area (Å²) in [5.41, 5.74) is 6.74. The molecular formula is C16H16ClFN2O. The number of nitrogens with two attached hydrogens (primary N) is 1. The van der Waals surface area contributed by atoms with E-state index >= 15 is 0 Å². The SMILES string of the molecule is CCC(Nc1ccc(F)c(C(N)=O)c1)c1ccc(Cl)cc1. The van der Waals surface area contributed by atoms with Crippen LogP contribution < -0.4 is 11.1 Å². The van der Waals surface area contributed by atoms with E-state index in [1.54, 1.807) is 6.07 Å². The van der Waals surface area contributed by atoms with E-state index in [1.165, 1.54) is 12.1 Å². The molecule has 2 aromatic carbocycles. The van der Waals surface area contributed by atoms with Crippen LogP contribution in [0.3, 0.4) is 0 Å². The number of carbonyl (C=O) groups excluding carboxylic acids is 1. The minimum Gasteiger partial charge on any atom is -0.378 e. The fourth-order valence-electron chi connectivity index (χ4n) is 2.12. The Morgan fingerprint density at radius 1 is 1.29 bits per heavy atom. The highest BCUT2D eigenvalue weighted by molar-refractivity contribution is 6.30. The average Bonchev–Trinajstić information content (AvgIpc) is 2.47. The molecule has 0 spiro atoms. The van der Waals surface area contributed by atoms with Crippen LogP contribution in [0.1, 0.15) is 35.3 Å². The van der Waals surface area contributed by atoms with Gasteiger partial charge in [0.25, 0.3) is 5.91 Å². The predicted octanol–water partition coefficient (Wildman–Crippen LogP) is 4.14. The zero-order chi connectivity index (χ0) is 15.4. The van der Waals surface area contributed by atoms with Crippen molar-refractivity contribution in [3.05, 3.63) is 64.4 Å². The predicted molar refractivity (Wildman–Crippen MR) is 83.0 cm³/mol. The summed E-state index contributed by atoms with van der Waals surface area (Å²) >= 11 is 5.88. The summed E-state index contributed by atoms with van der Waals surface area (Å²) in [6, 6.07) is 11.8. The van der Waals surface area contributed by atoms with Crippen molar-refractivity contribution in [3.63, 3.8) is 0 Å². The minimum atomic E-state index is -0.782. The fraction of sp³-hybridized carbons (Fsp3) is 0.188. The van der Waals surface area contributed by atoms with Gasteiger partial charge in [0, 0.05) is 10.7 Å². The Labute approximate surface area is 127 Å². The molecule has 0 aliphatic rings. The Bertz CT molecular complexity index is 643. The monoisotopic (exact) mass is 306 g/mol. The quantitative estimate of drug-likeness (QED) is 0.872. The van der Waals surface area contributed by atoms with Crippen molar-refractivity contribution >= 4 is 23.2 Å². The van der Waals surface area contributed by atoms with Gasteiger partial charge in [-0.15, -0.1) is 0 Å². The normalized spacial score (nSPS) is 12.0. The maximum absolute atomic E-state index is 13.5. The number of anilines is 1. The molecule has 1 amide bonds. The van der Waals surface area contributed by atoms with Crippen LogP contribution in [0, 0.1) is 5.82 Å². The van der Waals surface area contributed by atoms with Crippen molar-refractivity contribution in [2.45, 2.75) is 19.4 Å². The number of hydrogen-bond acceptors (Lipinski definition) is 2. The first-order valence-electron chi connectivity index (χ1n) is 6.62. The molecule has 0 aromatic heterocycles. The Morgan fingerprint density at radius 3 is 2.52 bits per heavy atom.